The van der Waals surface area contributed by atoms with Crippen LogP contribution in [0.15, 0.2) is 0 Å². The van der Waals surface area contributed by atoms with Crippen LogP contribution in [0.1, 0.15) is 40.0 Å². The molecule has 3 heteroatoms. The lowest BCUT2D eigenvalue weighted by Crippen LogP contribution is -2.12. The van der Waals surface area contributed by atoms with Gasteiger partial charge in [0.15, 0.2) is 6.29 Å². The number of Topliss-reactive ketones (excluding diaryl/α,β-unsaturated/α-hetero) is 1. The molecule has 3 nitrogen and oxygen atoms in total. The summed E-state index contributed by atoms with van der Waals surface area (Å²) in [4.78, 5) is 10.5. The van der Waals surface area contributed by atoms with Crippen molar-refractivity contribution in [1.82, 2.24) is 0 Å². The van der Waals surface area contributed by atoms with E-state index in [1.54, 1.807) is 21.1 Å². The van der Waals surface area contributed by atoms with Crippen molar-refractivity contribution in [3.63, 3.8) is 0 Å². The van der Waals surface area contributed by atoms with Crippen LogP contribution in [-0.2, 0) is 14.3 Å². The maximum atomic E-state index is 10.5. The molecule has 0 fully saturated rings. The van der Waals surface area contributed by atoms with E-state index in [1.165, 1.54) is 0 Å². The quantitative estimate of drug-likeness (QED) is 0.603. The largest absolute Gasteiger partial charge is 0.356 e. The fraction of sp³-hybridized carbons (Fsp3) is 0.900. The van der Waals surface area contributed by atoms with Gasteiger partial charge in [-0.05, 0) is 19.8 Å². The van der Waals surface area contributed by atoms with Crippen LogP contribution in [0.3, 0.4) is 0 Å². The molecule has 13 heavy (non-hydrogen) atoms. The van der Waals surface area contributed by atoms with Gasteiger partial charge < -0.3 is 14.3 Å². The van der Waals surface area contributed by atoms with Gasteiger partial charge in [-0.25, -0.2) is 0 Å². The van der Waals surface area contributed by atoms with Crippen LogP contribution < -0.4 is 0 Å². The van der Waals surface area contributed by atoms with Gasteiger partial charge in [-0.1, -0.05) is 13.8 Å². The summed E-state index contributed by atoms with van der Waals surface area (Å²) in [5.74, 6) is 0.218. The van der Waals surface area contributed by atoms with E-state index in [2.05, 4.69) is 0 Å². The van der Waals surface area contributed by atoms with Crippen molar-refractivity contribution in [2.24, 2.45) is 0 Å². The van der Waals surface area contributed by atoms with Crippen molar-refractivity contribution in [3.8, 4) is 0 Å². The van der Waals surface area contributed by atoms with Gasteiger partial charge in [0.2, 0.25) is 0 Å². The van der Waals surface area contributed by atoms with Crippen LogP contribution in [0.25, 0.3) is 0 Å². The number of hydrogen-bond acceptors (Lipinski definition) is 3. The minimum atomic E-state index is -0.158. The molecule has 0 saturated heterocycles. The van der Waals surface area contributed by atoms with E-state index in [0.29, 0.717) is 6.42 Å². The molecule has 0 rings (SSSR count). The zero-order valence-electron chi connectivity index (χ0n) is 9.42. The molecule has 0 N–H and O–H groups in total. The van der Waals surface area contributed by atoms with Crippen molar-refractivity contribution in [2.45, 2.75) is 46.3 Å². The Balaban J connectivity index is 0. The lowest BCUT2D eigenvalue weighted by atomic mass is 10.2. The van der Waals surface area contributed by atoms with Gasteiger partial charge in [-0.3, -0.25) is 0 Å². The van der Waals surface area contributed by atoms with E-state index in [0.717, 1.165) is 12.8 Å². The Labute approximate surface area is 81.4 Å². The van der Waals surface area contributed by atoms with Crippen molar-refractivity contribution in [3.05, 3.63) is 0 Å². The first-order chi connectivity index (χ1) is 6.20. The van der Waals surface area contributed by atoms with Crippen LogP contribution in [-0.4, -0.2) is 26.3 Å². The van der Waals surface area contributed by atoms with Gasteiger partial charge in [0.25, 0.3) is 0 Å². The van der Waals surface area contributed by atoms with Gasteiger partial charge in [-0.2, -0.15) is 0 Å². The van der Waals surface area contributed by atoms with E-state index >= 15 is 0 Å². The molecule has 0 aromatic rings. The predicted octanol–water partition coefficient (Wildman–Crippen LogP) is 2.39. The van der Waals surface area contributed by atoms with E-state index in [-0.39, 0.29) is 12.1 Å². The van der Waals surface area contributed by atoms with Crippen molar-refractivity contribution >= 4 is 5.78 Å². The summed E-state index contributed by atoms with van der Waals surface area (Å²) < 4.78 is 9.90. The molecule has 0 unspecified atom stereocenters. The van der Waals surface area contributed by atoms with Crippen molar-refractivity contribution in [2.75, 3.05) is 14.2 Å². The average Bonchev–Trinajstić information content (AvgIpc) is 2.15. The molecule has 0 atom stereocenters. The Hall–Kier alpha value is -0.410. The summed E-state index contributed by atoms with van der Waals surface area (Å²) in [7, 11) is 3.20. The number of ether oxygens (including phenoxy) is 2. The standard InChI is InChI=1S/C8H16O3.C2H6/c1-7(9)5-4-6-8(10-2)11-3;1-2/h8H,4-6H2,1-3H3;1-2H3. The van der Waals surface area contributed by atoms with Crippen molar-refractivity contribution < 1.29 is 14.3 Å². The first kappa shape index (κ1) is 15.1. The van der Waals surface area contributed by atoms with Crippen LogP contribution >= 0.6 is 0 Å². The lowest BCUT2D eigenvalue weighted by Gasteiger charge is -2.11. The first-order valence-corrected chi connectivity index (χ1v) is 4.75. The van der Waals surface area contributed by atoms with E-state index in [1.807, 2.05) is 13.8 Å². The Morgan fingerprint density at radius 1 is 1.23 bits per heavy atom. The highest BCUT2D eigenvalue weighted by Crippen LogP contribution is 2.04. The van der Waals surface area contributed by atoms with Gasteiger partial charge in [-0.15, -0.1) is 0 Å². The highest BCUT2D eigenvalue weighted by atomic mass is 16.7. The molecule has 80 valence electrons. The summed E-state index contributed by atoms with van der Waals surface area (Å²) >= 11 is 0. The second kappa shape index (κ2) is 11.6. The number of hydrogen-bond donors (Lipinski definition) is 0. The molecular formula is C10H22O3. The third-order valence-electron chi connectivity index (χ3n) is 1.49. The summed E-state index contributed by atoms with van der Waals surface area (Å²) in [5, 5.41) is 0. The second-order valence-electron chi connectivity index (χ2n) is 2.50. The zero-order chi connectivity index (χ0) is 10.7. The third-order valence-corrected chi connectivity index (χ3v) is 1.49. The maximum Gasteiger partial charge on any atom is 0.156 e. The highest BCUT2D eigenvalue weighted by molar-refractivity contribution is 5.75. The molecule has 0 spiro atoms. The van der Waals surface area contributed by atoms with E-state index in [9.17, 15) is 4.79 Å². The number of rotatable bonds is 6. The molecular weight excluding hydrogens is 168 g/mol. The topological polar surface area (TPSA) is 35.5 Å². The highest BCUT2D eigenvalue weighted by Gasteiger charge is 2.04. The molecule has 0 aromatic heterocycles. The van der Waals surface area contributed by atoms with Gasteiger partial charge >= 0.3 is 0 Å². The van der Waals surface area contributed by atoms with Gasteiger partial charge in [0.05, 0.1) is 0 Å². The first-order valence-electron chi connectivity index (χ1n) is 4.75. The summed E-state index contributed by atoms with van der Waals surface area (Å²) in [6.07, 6.45) is 2.08. The third kappa shape index (κ3) is 11.6. The molecule has 0 aliphatic heterocycles. The smallest absolute Gasteiger partial charge is 0.156 e. The maximum absolute atomic E-state index is 10.5. The van der Waals surface area contributed by atoms with Gasteiger partial charge in [0.1, 0.15) is 5.78 Å². The summed E-state index contributed by atoms with van der Waals surface area (Å²) in [5.41, 5.74) is 0. The number of ketones is 1. The predicted molar refractivity (Wildman–Crippen MR) is 53.7 cm³/mol. The minimum Gasteiger partial charge on any atom is -0.356 e. The van der Waals surface area contributed by atoms with E-state index < -0.39 is 0 Å². The van der Waals surface area contributed by atoms with Crippen LogP contribution in [0.5, 0.6) is 0 Å². The monoisotopic (exact) mass is 190 g/mol. The van der Waals surface area contributed by atoms with Crippen molar-refractivity contribution in [1.29, 1.82) is 0 Å². The number of carbonyl (C=O) groups is 1. The van der Waals surface area contributed by atoms with Crippen LogP contribution in [0, 0.1) is 0 Å². The molecule has 0 heterocycles. The fourth-order valence-electron chi connectivity index (χ4n) is 0.850. The molecule has 0 aliphatic carbocycles. The zero-order valence-corrected chi connectivity index (χ0v) is 9.42. The Morgan fingerprint density at radius 3 is 2.00 bits per heavy atom. The second-order valence-corrected chi connectivity index (χ2v) is 2.50. The molecule has 0 radical (unpaired) electrons. The molecule has 0 amide bonds. The Bertz CT molecular complexity index is 109. The van der Waals surface area contributed by atoms with E-state index in [4.69, 9.17) is 9.47 Å². The fourth-order valence-corrected chi connectivity index (χ4v) is 0.850. The Morgan fingerprint density at radius 2 is 1.69 bits per heavy atom. The molecule has 0 aliphatic rings. The lowest BCUT2D eigenvalue weighted by molar-refractivity contribution is -0.119. The summed E-state index contributed by atoms with van der Waals surface area (Å²) in [6, 6.07) is 0. The molecule has 0 bridgehead atoms. The minimum absolute atomic E-state index is 0.158. The SMILES string of the molecule is CC.COC(CCCC(C)=O)OC. The normalized spacial score (nSPS) is 9.38. The van der Waals surface area contributed by atoms with Gasteiger partial charge in [0, 0.05) is 20.6 Å². The summed E-state index contributed by atoms with van der Waals surface area (Å²) in [6.45, 7) is 5.59. The Kier molecular flexibility index (Phi) is 13.4. The average molecular weight is 190 g/mol. The molecule has 0 aromatic carbocycles. The van der Waals surface area contributed by atoms with Crippen LogP contribution in [0.4, 0.5) is 0 Å². The van der Waals surface area contributed by atoms with Crippen LogP contribution in [0.2, 0.25) is 0 Å². The number of carbonyl (C=O) groups excluding carboxylic acids is 1. The number of methoxy groups -OCH3 is 2. The molecule has 0 saturated carbocycles.